The molecular formula is C32H54O2S2Sn2. The van der Waals surface area contributed by atoms with Crippen molar-refractivity contribution in [1.29, 1.82) is 0 Å². The van der Waals surface area contributed by atoms with Crippen LogP contribution in [-0.4, -0.2) is 50.0 Å². The third-order valence-electron chi connectivity index (χ3n) is 7.97. The Morgan fingerprint density at radius 3 is 1.76 bits per heavy atom. The minimum atomic E-state index is -2.41. The Morgan fingerprint density at radius 1 is 0.737 bits per heavy atom. The van der Waals surface area contributed by atoms with E-state index in [0.717, 1.165) is 19.0 Å². The fourth-order valence-electron chi connectivity index (χ4n) is 5.12. The minimum absolute atomic E-state index is 0.626. The van der Waals surface area contributed by atoms with Gasteiger partial charge in [0.2, 0.25) is 0 Å². The Hall–Kier alpha value is 0.337. The monoisotopic (exact) mass is 774 g/mol. The fourth-order valence-corrected chi connectivity index (χ4v) is 19.4. The van der Waals surface area contributed by atoms with Crippen molar-refractivity contribution in [3.05, 3.63) is 11.4 Å². The van der Waals surface area contributed by atoms with E-state index < -0.39 is 36.8 Å². The summed E-state index contributed by atoms with van der Waals surface area (Å²) < 4.78 is 19.8. The number of hydrogen-bond donors (Lipinski definition) is 0. The van der Waals surface area contributed by atoms with Crippen molar-refractivity contribution < 1.29 is 9.47 Å². The third kappa shape index (κ3) is 7.99. The van der Waals surface area contributed by atoms with Gasteiger partial charge in [-0.1, -0.05) is 0 Å². The van der Waals surface area contributed by atoms with Crippen molar-refractivity contribution in [3.8, 4) is 11.5 Å². The number of fused-ring (bicyclic) bond motifs is 2. The van der Waals surface area contributed by atoms with Crippen LogP contribution in [0.25, 0.3) is 20.2 Å². The van der Waals surface area contributed by atoms with E-state index in [2.05, 4.69) is 68.8 Å². The summed E-state index contributed by atoms with van der Waals surface area (Å²) in [5.74, 6) is 3.59. The maximum absolute atomic E-state index is 6.98. The van der Waals surface area contributed by atoms with Crippen molar-refractivity contribution in [2.24, 2.45) is 11.8 Å². The van der Waals surface area contributed by atoms with Crippen molar-refractivity contribution in [3.63, 3.8) is 0 Å². The number of unbranched alkanes of at least 4 members (excludes halogenated alkanes) is 2. The quantitative estimate of drug-likeness (QED) is 0.135. The molecule has 2 nitrogen and oxygen atoms in total. The summed E-state index contributed by atoms with van der Waals surface area (Å²) >= 11 is -0.758. The topological polar surface area (TPSA) is 18.5 Å². The van der Waals surface area contributed by atoms with Crippen LogP contribution in [0.3, 0.4) is 0 Å². The number of hydrogen-bond acceptors (Lipinski definition) is 4. The van der Waals surface area contributed by atoms with Crippen molar-refractivity contribution in [1.82, 2.24) is 0 Å². The van der Waals surface area contributed by atoms with Gasteiger partial charge in [0.15, 0.2) is 0 Å². The molecule has 0 aliphatic rings. The SMILES string of the molecule is CCCCC(CC)COc1c2c[c]([Sn]([CH3])([CH3])[CH3])sc2c(OCC(CC)CCCC)c2[c]([Sn]([CH3])([CH3])[CH3])csc12. The van der Waals surface area contributed by atoms with Gasteiger partial charge in [-0.25, -0.2) is 0 Å². The van der Waals surface area contributed by atoms with Crippen LogP contribution in [0.5, 0.6) is 11.5 Å². The van der Waals surface area contributed by atoms with Gasteiger partial charge in [-0.2, -0.15) is 0 Å². The summed E-state index contributed by atoms with van der Waals surface area (Å²) in [6.45, 7) is 10.9. The Kier molecular flexibility index (Phi) is 12.5. The van der Waals surface area contributed by atoms with Gasteiger partial charge in [0.1, 0.15) is 0 Å². The van der Waals surface area contributed by atoms with Crippen LogP contribution in [0, 0.1) is 11.8 Å². The molecule has 0 saturated heterocycles. The molecule has 0 saturated carbocycles. The van der Waals surface area contributed by atoms with Crippen LogP contribution >= 0.6 is 22.7 Å². The molecule has 3 aromatic rings. The summed E-state index contributed by atoms with van der Waals surface area (Å²) in [6.07, 6.45) is 10.00. The van der Waals surface area contributed by atoms with Gasteiger partial charge in [0, 0.05) is 0 Å². The molecule has 0 fully saturated rings. The van der Waals surface area contributed by atoms with E-state index in [1.54, 1.807) is 6.47 Å². The average Bonchev–Trinajstić information content (AvgIpc) is 3.50. The molecule has 38 heavy (non-hydrogen) atoms. The van der Waals surface area contributed by atoms with Gasteiger partial charge in [-0.05, 0) is 0 Å². The molecule has 3 rings (SSSR count). The first-order valence-corrected chi connectivity index (χ1v) is 36.9. The summed E-state index contributed by atoms with van der Waals surface area (Å²) in [6, 6.07) is 2.51. The Balaban J connectivity index is 2.21. The molecule has 0 N–H and O–H groups in total. The molecule has 2 heterocycles. The molecule has 0 spiro atoms. The molecule has 0 radical (unpaired) electrons. The number of rotatable bonds is 16. The van der Waals surface area contributed by atoms with Crippen LogP contribution in [0.15, 0.2) is 11.4 Å². The van der Waals surface area contributed by atoms with Gasteiger partial charge >= 0.3 is 252 Å². The summed E-state index contributed by atoms with van der Waals surface area (Å²) in [7, 11) is 0. The zero-order valence-corrected chi connectivity index (χ0v) is 33.4. The van der Waals surface area contributed by atoms with Crippen LogP contribution < -0.4 is 15.9 Å². The predicted molar refractivity (Wildman–Crippen MR) is 181 cm³/mol. The second-order valence-corrected chi connectivity index (χ2v) is 45.0. The second-order valence-electron chi connectivity index (χ2n) is 13.3. The molecule has 0 aliphatic heterocycles. The van der Waals surface area contributed by atoms with Gasteiger partial charge in [0.05, 0.1) is 0 Å². The van der Waals surface area contributed by atoms with E-state index in [4.69, 9.17) is 9.47 Å². The maximum atomic E-state index is 6.98. The first kappa shape index (κ1) is 32.8. The van der Waals surface area contributed by atoms with Crippen LogP contribution in [0.2, 0.25) is 29.6 Å². The third-order valence-corrected chi connectivity index (χ3v) is 25.8. The number of benzene rings is 1. The van der Waals surface area contributed by atoms with Crippen LogP contribution in [-0.2, 0) is 0 Å². The zero-order chi connectivity index (χ0) is 28.1. The van der Waals surface area contributed by atoms with Crippen molar-refractivity contribution >= 4 is 86.1 Å². The number of ether oxygens (including phenoxy) is 2. The van der Waals surface area contributed by atoms with E-state index in [1.807, 2.05) is 22.7 Å². The Bertz CT molecular complexity index is 1160. The van der Waals surface area contributed by atoms with Crippen LogP contribution in [0.4, 0.5) is 0 Å². The van der Waals surface area contributed by atoms with E-state index in [1.165, 1.54) is 77.3 Å². The first-order valence-electron chi connectivity index (χ1n) is 15.2. The van der Waals surface area contributed by atoms with Gasteiger partial charge in [0.25, 0.3) is 0 Å². The summed E-state index contributed by atoms with van der Waals surface area (Å²) in [5.41, 5.74) is 0. The Morgan fingerprint density at radius 2 is 1.29 bits per heavy atom. The summed E-state index contributed by atoms with van der Waals surface area (Å²) in [5, 5.41) is 5.20. The van der Waals surface area contributed by atoms with Gasteiger partial charge in [-0.15, -0.1) is 0 Å². The van der Waals surface area contributed by atoms with Crippen LogP contribution in [0.1, 0.15) is 79.1 Å². The van der Waals surface area contributed by atoms with Gasteiger partial charge < -0.3 is 0 Å². The molecule has 214 valence electrons. The van der Waals surface area contributed by atoms with E-state index in [0.29, 0.717) is 11.8 Å². The molecule has 2 aromatic heterocycles. The molecule has 0 bridgehead atoms. The molecule has 0 amide bonds. The Labute approximate surface area is 250 Å². The van der Waals surface area contributed by atoms with E-state index in [9.17, 15) is 0 Å². The van der Waals surface area contributed by atoms with Gasteiger partial charge in [-0.3, -0.25) is 0 Å². The summed E-state index contributed by atoms with van der Waals surface area (Å²) in [4.78, 5) is 15.2. The predicted octanol–water partition coefficient (Wildman–Crippen LogP) is 10.4. The fraction of sp³-hybridized carbons (Fsp3) is 0.688. The first-order chi connectivity index (χ1) is 18.0. The number of thiophene rings is 2. The average molecular weight is 772 g/mol. The van der Waals surface area contributed by atoms with E-state index >= 15 is 0 Å². The molecule has 0 aliphatic carbocycles. The normalized spacial score (nSPS) is 14.4. The standard InChI is InChI=1S/C26H36O2S2.6CH3.2Sn/c1-5-9-11-19(7-3)17-27-23-21-13-15-30-26(21)24(22-14-16-29-25(22)23)28-18-20(8-4)12-10-6-2;;;;;;;;/h13,16,19-20H,5-12,17-18H2,1-4H3;6*1H3;;. The molecule has 2 unspecified atom stereocenters. The molecular weight excluding hydrogens is 718 g/mol. The molecule has 2 atom stereocenters. The van der Waals surface area contributed by atoms with Crippen molar-refractivity contribution in [2.75, 3.05) is 13.2 Å². The second kappa shape index (κ2) is 14.5. The molecule has 1 aromatic carbocycles. The van der Waals surface area contributed by atoms with Crippen molar-refractivity contribution in [2.45, 2.75) is 109 Å². The molecule has 6 heteroatoms. The van der Waals surface area contributed by atoms with E-state index in [-0.39, 0.29) is 0 Å². The zero-order valence-electron chi connectivity index (χ0n) is 26.0.